The zero-order valence-corrected chi connectivity index (χ0v) is 12.6. The van der Waals surface area contributed by atoms with Crippen LogP contribution < -0.4 is 17.0 Å². The highest BCUT2D eigenvalue weighted by molar-refractivity contribution is 9.10. The lowest BCUT2D eigenvalue weighted by Crippen LogP contribution is -2.32. The molecule has 0 bridgehead atoms. The number of aromatic nitrogens is 2. The molecular formula is C13H18BrN5. The summed E-state index contributed by atoms with van der Waals surface area (Å²) in [4.78, 5) is 0. The SMILES string of the molecule is CC(C)n1ncc(Br)c1C(NN)c1ccccc1N. The molecule has 0 saturated carbocycles. The van der Waals surface area contributed by atoms with Crippen LogP contribution in [0.15, 0.2) is 34.9 Å². The number of nitrogens with one attached hydrogen (secondary N) is 1. The van der Waals surface area contributed by atoms with Gasteiger partial charge in [0.25, 0.3) is 0 Å². The van der Waals surface area contributed by atoms with Gasteiger partial charge in [-0.1, -0.05) is 18.2 Å². The van der Waals surface area contributed by atoms with Crippen molar-refractivity contribution in [3.63, 3.8) is 0 Å². The number of hydrogen-bond donors (Lipinski definition) is 3. The minimum absolute atomic E-state index is 0.208. The second kappa shape index (κ2) is 5.73. The maximum absolute atomic E-state index is 6.04. The standard InChI is InChI=1S/C13H18BrN5/c1-8(2)19-13(10(14)7-17-19)12(18-16)9-5-3-4-6-11(9)15/h3-8,12,18H,15-16H2,1-2H3. The Morgan fingerprint density at radius 1 is 1.32 bits per heavy atom. The summed E-state index contributed by atoms with van der Waals surface area (Å²) in [6.45, 7) is 4.15. The third kappa shape index (κ3) is 2.65. The third-order valence-electron chi connectivity index (χ3n) is 3.02. The number of hydrogen-bond acceptors (Lipinski definition) is 4. The highest BCUT2D eigenvalue weighted by Gasteiger charge is 2.23. The van der Waals surface area contributed by atoms with Crippen molar-refractivity contribution in [1.29, 1.82) is 0 Å². The zero-order valence-electron chi connectivity index (χ0n) is 11.0. The summed E-state index contributed by atoms with van der Waals surface area (Å²) in [5.41, 5.74) is 11.5. The van der Waals surface area contributed by atoms with E-state index >= 15 is 0 Å². The first-order valence-electron chi connectivity index (χ1n) is 6.09. The van der Waals surface area contributed by atoms with Crippen LogP contribution in [0.1, 0.15) is 37.2 Å². The van der Waals surface area contributed by atoms with E-state index in [9.17, 15) is 0 Å². The van der Waals surface area contributed by atoms with Crippen LogP contribution >= 0.6 is 15.9 Å². The Kier molecular flexibility index (Phi) is 4.24. The van der Waals surface area contributed by atoms with Crippen molar-refractivity contribution in [2.24, 2.45) is 5.84 Å². The Morgan fingerprint density at radius 3 is 2.58 bits per heavy atom. The van der Waals surface area contributed by atoms with Crippen LogP contribution in [-0.2, 0) is 0 Å². The summed E-state index contributed by atoms with van der Waals surface area (Å²) < 4.78 is 2.84. The Morgan fingerprint density at radius 2 is 2.00 bits per heavy atom. The predicted octanol–water partition coefficient (Wildman–Crippen LogP) is 2.36. The molecule has 6 heteroatoms. The van der Waals surface area contributed by atoms with Crippen molar-refractivity contribution in [2.45, 2.75) is 25.9 Å². The van der Waals surface area contributed by atoms with Gasteiger partial charge in [-0.3, -0.25) is 10.5 Å². The average Bonchev–Trinajstić information content (AvgIpc) is 2.75. The van der Waals surface area contributed by atoms with E-state index in [1.54, 1.807) is 6.20 Å². The monoisotopic (exact) mass is 323 g/mol. The number of benzene rings is 1. The van der Waals surface area contributed by atoms with Gasteiger partial charge < -0.3 is 5.73 Å². The second-order valence-electron chi connectivity index (χ2n) is 4.64. The summed E-state index contributed by atoms with van der Waals surface area (Å²) in [5, 5.41) is 4.37. The van der Waals surface area contributed by atoms with Gasteiger partial charge in [0.1, 0.15) is 0 Å². The quantitative estimate of drug-likeness (QED) is 0.458. The topological polar surface area (TPSA) is 81.9 Å². The lowest BCUT2D eigenvalue weighted by atomic mass is 10.0. The molecule has 1 unspecified atom stereocenters. The van der Waals surface area contributed by atoms with Crippen molar-refractivity contribution in [3.05, 3.63) is 46.2 Å². The molecule has 1 aromatic heterocycles. The first-order chi connectivity index (χ1) is 9.06. The number of rotatable bonds is 4. The van der Waals surface area contributed by atoms with Crippen LogP contribution in [0.3, 0.4) is 0 Å². The zero-order chi connectivity index (χ0) is 14.0. The second-order valence-corrected chi connectivity index (χ2v) is 5.50. The molecule has 0 radical (unpaired) electrons. The van der Waals surface area contributed by atoms with E-state index in [2.05, 4.69) is 40.3 Å². The molecule has 19 heavy (non-hydrogen) atoms. The molecule has 0 aliphatic carbocycles. The molecule has 1 aromatic carbocycles. The number of anilines is 1. The molecule has 1 heterocycles. The summed E-state index contributed by atoms with van der Waals surface area (Å²) in [6.07, 6.45) is 1.78. The predicted molar refractivity (Wildman–Crippen MR) is 80.3 cm³/mol. The van der Waals surface area contributed by atoms with Crippen LogP contribution in [0.5, 0.6) is 0 Å². The molecular weight excluding hydrogens is 306 g/mol. The van der Waals surface area contributed by atoms with Crippen molar-refractivity contribution in [3.8, 4) is 0 Å². The molecule has 102 valence electrons. The molecule has 2 aromatic rings. The van der Waals surface area contributed by atoms with Crippen LogP contribution in [0.2, 0.25) is 0 Å². The fourth-order valence-corrected chi connectivity index (χ4v) is 2.62. The largest absolute Gasteiger partial charge is 0.398 e. The van der Waals surface area contributed by atoms with Gasteiger partial charge in [0.15, 0.2) is 0 Å². The van der Waals surface area contributed by atoms with Crippen molar-refractivity contribution >= 4 is 21.6 Å². The van der Waals surface area contributed by atoms with Gasteiger partial charge in [-0.25, -0.2) is 5.43 Å². The van der Waals surface area contributed by atoms with Gasteiger partial charge in [-0.05, 0) is 41.4 Å². The number of para-hydroxylation sites is 1. The average molecular weight is 324 g/mol. The molecule has 5 nitrogen and oxygen atoms in total. The van der Waals surface area contributed by atoms with E-state index in [1.807, 2.05) is 28.9 Å². The molecule has 0 aliphatic rings. The summed E-state index contributed by atoms with van der Waals surface area (Å²) in [5.74, 6) is 5.74. The number of nitrogen functional groups attached to an aromatic ring is 1. The van der Waals surface area contributed by atoms with Crippen LogP contribution in [0, 0.1) is 0 Å². The van der Waals surface area contributed by atoms with E-state index in [0.717, 1.165) is 15.7 Å². The molecule has 0 saturated heterocycles. The maximum Gasteiger partial charge on any atom is 0.0909 e. The Bertz CT molecular complexity index is 564. The van der Waals surface area contributed by atoms with Gasteiger partial charge in [-0.15, -0.1) is 0 Å². The fraction of sp³-hybridized carbons (Fsp3) is 0.308. The van der Waals surface area contributed by atoms with Crippen molar-refractivity contribution < 1.29 is 0 Å². The number of nitrogens with two attached hydrogens (primary N) is 2. The van der Waals surface area contributed by atoms with Crippen molar-refractivity contribution in [1.82, 2.24) is 15.2 Å². The van der Waals surface area contributed by atoms with E-state index in [0.29, 0.717) is 5.69 Å². The molecule has 5 N–H and O–H groups in total. The highest BCUT2D eigenvalue weighted by atomic mass is 79.9. The van der Waals surface area contributed by atoms with Crippen LogP contribution in [0.25, 0.3) is 0 Å². The molecule has 2 rings (SSSR count). The lowest BCUT2D eigenvalue weighted by molar-refractivity contribution is 0.475. The third-order valence-corrected chi connectivity index (χ3v) is 3.63. The van der Waals surface area contributed by atoms with Gasteiger partial charge >= 0.3 is 0 Å². The molecule has 0 amide bonds. The molecule has 0 aliphatic heterocycles. The summed E-state index contributed by atoms with van der Waals surface area (Å²) in [6, 6.07) is 7.71. The van der Waals surface area contributed by atoms with Crippen molar-refractivity contribution in [2.75, 3.05) is 5.73 Å². The number of hydrazine groups is 1. The van der Waals surface area contributed by atoms with Gasteiger partial charge in [0.05, 0.1) is 22.4 Å². The maximum atomic E-state index is 6.04. The summed E-state index contributed by atoms with van der Waals surface area (Å²) >= 11 is 3.53. The van der Waals surface area contributed by atoms with Gasteiger partial charge in [0, 0.05) is 11.7 Å². The first-order valence-corrected chi connectivity index (χ1v) is 6.89. The van der Waals surface area contributed by atoms with E-state index in [-0.39, 0.29) is 12.1 Å². The number of halogens is 1. The summed E-state index contributed by atoms with van der Waals surface area (Å²) in [7, 11) is 0. The molecule has 0 spiro atoms. The highest BCUT2D eigenvalue weighted by Crippen LogP contribution is 2.32. The fourth-order valence-electron chi connectivity index (χ4n) is 2.12. The molecule has 1 atom stereocenters. The Labute approximate surface area is 121 Å². The first kappa shape index (κ1) is 14.0. The van der Waals surface area contributed by atoms with E-state index < -0.39 is 0 Å². The molecule has 0 fully saturated rings. The lowest BCUT2D eigenvalue weighted by Gasteiger charge is -2.22. The van der Waals surface area contributed by atoms with Gasteiger partial charge in [-0.2, -0.15) is 5.10 Å². The van der Waals surface area contributed by atoms with Crippen LogP contribution in [0.4, 0.5) is 5.69 Å². The minimum atomic E-state index is -0.208. The Balaban J connectivity index is 2.55. The van der Waals surface area contributed by atoms with E-state index in [4.69, 9.17) is 11.6 Å². The minimum Gasteiger partial charge on any atom is -0.398 e. The number of nitrogens with zero attached hydrogens (tertiary/aromatic N) is 2. The Hall–Kier alpha value is -1.37. The normalized spacial score (nSPS) is 12.9. The van der Waals surface area contributed by atoms with Gasteiger partial charge in [0.2, 0.25) is 0 Å². The van der Waals surface area contributed by atoms with E-state index in [1.165, 1.54) is 0 Å². The van der Waals surface area contributed by atoms with Crippen LogP contribution in [-0.4, -0.2) is 9.78 Å². The smallest absolute Gasteiger partial charge is 0.0909 e.